The first kappa shape index (κ1) is 27.6. The Hall–Kier alpha value is -3.41. The Morgan fingerprint density at radius 3 is 0.974 bits per heavy atom. The zero-order chi connectivity index (χ0) is 26.9. The third-order valence-corrected chi connectivity index (χ3v) is 8.04. The number of rotatable bonds is 12. The Balaban J connectivity index is 1.35. The molecule has 0 aliphatic rings. The van der Waals surface area contributed by atoms with E-state index in [9.17, 15) is 14.4 Å². The van der Waals surface area contributed by atoms with Crippen molar-refractivity contribution in [1.29, 1.82) is 0 Å². The lowest BCUT2D eigenvalue weighted by molar-refractivity contribution is 0.0973. The molecule has 0 radical (unpaired) electrons. The van der Waals surface area contributed by atoms with Gasteiger partial charge in [-0.05, 0) is 85.6 Å². The van der Waals surface area contributed by atoms with Gasteiger partial charge in [-0.25, -0.2) is 0 Å². The summed E-state index contributed by atoms with van der Waals surface area (Å²) in [6.45, 7) is 4.01. The first-order chi connectivity index (χ1) is 18.5. The fraction of sp³-hybridized carbons (Fsp3) is 0.182. The molecule has 0 aromatic heterocycles. The van der Waals surface area contributed by atoms with Crippen LogP contribution in [0.2, 0.25) is 0 Å². The minimum absolute atomic E-state index is 0.0179. The number of hydrogen-bond donors (Lipinski definition) is 0. The van der Waals surface area contributed by atoms with Crippen LogP contribution in [0.3, 0.4) is 0 Å². The molecule has 0 bridgehead atoms. The fourth-order valence-electron chi connectivity index (χ4n) is 3.95. The number of benzene rings is 4. The molecule has 0 aliphatic carbocycles. The van der Waals surface area contributed by atoms with Crippen molar-refractivity contribution in [2.75, 3.05) is 0 Å². The summed E-state index contributed by atoms with van der Waals surface area (Å²) >= 11 is 3.20. The average molecular weight is 539 g/mol. The molecule has 38 heavy (non-hydrogen) atoms. The van der Waals surface area contributed by atoms with Crippen molar-refractivity contribution in [3.63, 3.8) is 0 Å². The maximum Gasteiger partial charge on any atom is 0.193 e. The first-order valence-electron chi connectivity index (χ1n) is 12.8. The van der Waals surface area contributed by atoms with Crippen molar-refractivity contribution in [1.82, 2.24) is 0 Å². The highest BCUT2D eigenvalue weighted by Crippen LogP contribution is 2.30. The second-order valence-corrected chi connectivity index (χ2v) is 11.3. The van der Waals surface area contributed by atoms with E-state index in [4.69, 9.17) is 0 Å². The van der Waals surface area contributed by atoms with Gasteiger partial charge in [-0.3, -0.25) is 14.4 Å². The molecule has 0 spiro atoms. The smallest absolute Gasteiger partial charge is 0.193 e. The standard InChI is InChI=1S/C33H30O3S2/c1-3-5-31(34)23-7-15-27(16-8-23)37-29-19-11-25(12-20-29)33(36)26-13-21-30(22-14-26)38-28-17-9-24(10-18-28)32(35)6-4-2/h7-22H,3-6H2,1-2H3. The molecule has 3 nitrogen and oxygen atoms in total. The third-order valence-electron chi connectivity index (χ3n) is 6.01. The van der Waals surface area contributed by atoms with E-state index in [0.29, 0.717) is 24.0 Å². The van der Waals surface area contributed by atoms with E-state index in [-0.39, 0.29) is 17.3 Å². The van der Waals surface area contributed by atoms with E-state index in [1.807, 2.05) is 111 Å². The highest BCUT2D eigenvalue weighted by molar-refractivity contribution is 7.99. The van der Waals surface area contributed by atoms with Gasteiger partial charge >= 0.3 is 0 Å². The largest absolute Gasteiger partial charge is 0.294 e. The first-order valence-corrected chi connectivity index (χ1v) is 14.5. The van der Waals surface area contributed by atoms with Gasteiger partial charge in [0.25, 0.3) is 0 Å². The molecule has 0 fully saturated rings. The van der Waals surface area contributed by atoms with Crippen LogP contribution in [-0.2, 0) is 0 Å². The molecule has 192 valence electrons. The van der Waals surface area contributed by atoms with Crippen molar-refractivity contribution >= 4 is 40.9 Å². The molecular formula is C33H30O3S2. The van der Waals surface area contributed by atoms with Gasteiger partial charge in [-0.2, -0.15) is 0 Å². The molecular weight excluding hydrogens is 508 g/mol. The Morgan fingerprint density at radius 1 is 0.447 bits per heavy atom. The second kappa shape index (κ2) is 13.4. The third kappa shape index (κ3) is 7.33. The summed E-state index contributed by atoms with van der Waals surface area (Å²) in [5.74, 6) is 0.330. The van der Waals surface area contributed by atoms with Crippen LogP contribution in [0.1, 0.15) is 76.2 Å². The lowest BCUT2D eigenvalue weighted by Gasteiger charge is -2.07. The summed E-state index contributed by atoms with van der Waals surface area (Å²) in [5.41, 5.74) is 2.78. The van der Waals surface area contributed by atoms with Crippen LogP contribution in [0.5, 0.6) is 0 Å². The predicted octanol–water partition coefficient (Wildman–Crippen LogP) is 9.19. The number of hydrogen-bond acceptors (Lipinski definition) is 5. The lowest BCUT2D eigenvalue weighted by atomic mass is 10.0. The SMILES string of the molecule is CCCC(=O)c1ccc(Sc2ccc(C(=O)c3ccc(Sc4ccc(C(=O)CCC)cc4)cc3)cc2)cc1. The highest BCUT2D eigenvalue weighted by Gasteiger charge is 2.11. The van der Waals surface area contributed by atoms with Crippen molar-refractivity contribution in [3.8, 4) is 0 Å². The van der Waals surface area contributed by atoms with Gasteiger partial charge in [0.2, 0.25) is 0 Å². The van der Waals surface area contributed by atoms with E-state index in [0.717, 1.165) is 43.6 Å². The van der Waals surface area contributed by atoms with Gasteiger partial charge in [-0.1, -0.05) is 61.6 Å². The van der Waals surface area contributed by atoms with Crippen molar-refractivity contribution in [2.45, 2.75) is 59.1 Å². The molecule has 4 aromatic rings. The quantitative estimate of drug-likeness (QED) is 0.168. The van der Waals surface area contributed by atoms with Crippen molar-refractivity contribution < 1.29 is 14.4 Å². The van der Waals surface area contributed by atoms with Gasteiger partial charge in [0.05, 0.1) is 0 Å². The van der Waals surface area contributed by atoms with Crippen LogP contribution in [0.25, 0.3) is 0 Å². The van der Waals surface area contributed by atoms with Gasteiger partial charge in [0.1, 0.15) is 0 Å². The van der Waals surface area contributed by atoms with Crippen LogP contribution in [0.4, 0.5) is 0 Å². The second-order valence-electron chi connectivity index (χ2n) is 8.98. The van der Waals surface area contributed by atoms with Crippen molar-refractivity contribution in [2.24, 2.45) is 0 Å². The minimum Gasteiger partial charge on any atom is -0.294 e. The highest BCUT2D eigenvalue weighted by atomic mass is 32.2. The monoisotopic (exact) mass is 538 g/mol. The summed E-state index contributed by atoms with van der Waals surface area (Å²) in [6, 6.07) is 30.6. The molecule has 0 N–H and O–H groups in total. The molecule has 5 heteroatoms. The Kier molecular flexibility index (Phi) is 9.74. The van der Waals surface area contributed by atoms with Crippen molar-refractivity contribution in [3.05, 3.63) is 119 Å². The number of carbonyl (C=O) groups excluding carboxylic acids is 3. The van der Waals surface area contributed by atoms with E-state index >= 15 is 0 Å². The molecule has 0 saturated heterocycles. The lowest BCUT2D eigenvalue weighted by Crippen LogP contribution is -2.00. The molecule has 0 amide bonds. The van der Waals surface area contributed by atoms with Crippen LogP contribution in [-0.4, -0.2) is 17.3 Å². The molecule has 4 aromatic carbocycles. The van der Waals surface area contributed by atoms with Crippen LogP contribution in [0, 0.1) is 0 Å². The average Bonchev–Trinajstić information content (AvgIpc) is 2.94. The van der Waals surface area contributed by atoms with Crippen LogP contribution < -0.4 is 0 Å². The van der Waals surface area contributed by atoms with E-state index < -0.39 is 0 Å². The van der Waals surface area contributed by atoms with Crippen LogP contribution in [0.15, 0.2) is 117 Å². The maximum absolute atomic E-state index is 13.0. The Labute approximate surface area is 233 Å². The maximum atomic E-state index is 13.0. The van der Waals surface area contributed by atoms with Gasteiger partial charge in [0, 0.05) is 54.7 Å². The zero-order valence-electron chi connectivity index (χ0n) is 21.6. The number of ketones is 3. The predicted molar refractivity (Wildman–Crippen MR) is 156 cm³/mol. The van der Waals surface area contributed by atoms with Crippen LogP contribution >= 0.6 is 23.5 Å². The summed E-state index contributed by atoms with van der Waals surface area (Å²) in [6.07, 6.45) is 2.84. The molecule has 0 atom stereocenters. The number of carbonyl (C=O) groups is 3. The van der Waals surface area contributed by atoms with E-state index in [2.05, 4.69) is 0 Å². The molecule has 0 saturated carbocycles. The molecule has 0 unspecified atom stereocenters. The van der Waals surface area contributed by atoms with E-state index in [1.165, 1.54) is 0 Å². The minimum atomic E-state index is -0.0179. The molecule has 0 heterocycles. The summed E-state index contributed by atoms with van der Waals surface area (Å²) in [5, 5.41) is 0. The molecule has 0 aliphatic heterocycles. The van der Waals surface area contributed by atoms with Gasteiger partial charge < -0.3 is 0 Å². The normalized spacial score (nSPS) is 10.8. The van der Waals surface area contributed by atoms with Gasteiger partial charge in [0.15, 0.2) is 17.3 Å². The fourth-order valence-corrected chi connectivity index (χ4v) is 5.58. The molecule has 4 rings (SSSR count). The Bertz CT molecular complexity index is 1280. The van der Waals surface area contributed by atoms with Gasteiger partial charge in [-0.15, -0.1) is 0 Å². The summed E-state index contributed by atoms with van der Waals surface area (Å²) < 4.78 is 0. The van der Waals surface area contributed by atoms with E-state index in [1.54, 1.807) is 23.5 Å². The Morgan fingerprint density at radius 2 is 0.711 bits per heavy atom. The topological polar surface area (TPSA) is 51.2 Å². The zero-order valence-corrected chi connectivity index (χ0v) is 23.2. The number of Topliss-reactive ketones (excluding diaryl/α,β-unsaturated/α-hetero) is 2. The summed E-state index contributed by atoms with van der Waals surface area (Å²) in [7, 11) is 0. The summed E-state index contributed by atoms with van der Waals surface area (Å²) in [4.78, 5) is 41.2.